The summed E-state index contributed by atoms with van der Waals surface area (Å²) < 4.78 is 11.5. The van der Waals surface area contributed by atoms with Gasteiger partial charge in [0.2, 0.25) is 5.78 Å². The van der Waals surface area contributed by atoms with E-state index in [0.717, 1.165) is 19.3 Å². The minimum atomic E-state index is -1.06. The first kappa shape index (κ1) is 24.9. The van der Waals surface area contributed by atoms with Crippen LogP contribution in [-0.4, -0.2) is 53.1 Å². The molecule has 3 fully saturated rings. The van der Waals surface area contributed by atoms with Crippen molar-refractivity contribution < 1.29 is 29.0 Å². The molecule has 4 rings (SSSR count). The number of fused-ring (bicyclic) bond motifs is 5. The first-order chi connectivity index (χ1) is 15.5. The van der Waals surface area contributed by atoms with Gasteiger partial charge in [0, 0.05) is 18.8 Å². The number of allylic oxidation sites excluding steroid dienone is 1. The highest BCUT2D eigenvalue weighted by atomic mass is 32.2. The zero-order chi connectivity index (χ0) is 24.2. The van der Waals surface area contributed by atoms with E-state index in [1.807, 2.05) is 12.3 Å². The fourth-order valence-electron chi connectivity index (χ4n) is 8.33. The van der Waals surface area contributed by atoms with Gasteiger partial charge in [-0.2, -0.15) is 0 Å². The summed E-state index contributed by atoms with van der Waals surface area (Å²) in [5.74, 6) is 0.733. The molecule has 4 aliphatic carbocycles. The number of carbonyl (C=O) groups is 3. The van der Waals surface area contributed by atoms with E-state index in [2.05, 4.69) is 20.8 Å². The fourth-order valence-corrected chi connectivity index (χ4v) is 8.65. The van der Waals surface area contributed by atoms with E-state index in [9.17, 15) is 19.5 Å². The molecule has 0 aliphatic heterocycles. The minimum Gasteiger partial charge on any atom is -0.458 e. The molecule has 0 aromatic carbocycles. The van der Waals surface area contributed by atoms with E-state index < -0.39 is 23.1 Å². The smallest absolute Gasteiger partial charge is 0.303 e. The van der Waals surface area contributed by atoms with E-state index in [-0.39, 0.29) is 47.3 Å². The van der Waals surface area contributed by atoms with E-state index in [0.29, 0.717) is 25.2 Å². The van der Waals surface area contributed by atoms with Gasteiger partial charge >= 0.3 is 5.97 Å². The largest absolute Gasteiger partial charge is 0.458 e. The van der Waals surface area contributed by atoms with Crippen LogP contribution in [0, 0.1) is 34.5 Å². The highest BCUT2D eigenvalue weighted by Gasteiger charge is 2.69. The van der Waals surface area contributed by atoms with Gasteiger partial charge in [0.25, 0.3) is 0 Å². The maximum Gasteiger partial charge on any atom is 0.303 e. The molecule has 0 aromatic heterocycles. The van der Waals surface area contributed by atoms with Crippen molar-refractivity contribution in [2.24, 2.45) is 34.5 Å². The second kappa shape index (κ2) is 8.80. The number of esters is 1. The Morgan fingerprint density at radius 2 is 2.00 bits per heavy atom. The standard InChI is InChI=1S/C26H38O6S/c1-15-10-18-19-7-9-26(32-14-33-5,22(30)13-31-16(2)27)25(19,4)12-21(29)23(18)24(3)8-6-17(28)11-20(15)24/h11,15,18-19,21,23,29H,6-10,12-14H2,1-5H3/t15-,18-,19-,21-,23+,24-,25-,26-/m0/s1. The summed E-state index contributed by atoms with van der Waals surface area (Å²) in [7, 11) is 0. The quantitative estimate of drug-likeness (QED) is 0.457. The SMILES string of the molecule is CSCO[C@]1(C(=O)COC(C)=O)CC[C@H]2[C@@H]3C[C@H](C)C4=CC(=O)CC[C@]4(C)[C@H]3[C@@H](O)C[C@@]21C. The van der Waals surface area contributed by atoms with Crippen LogP contribution in [0.4, 0.5) is 0 Å². The number of aliphatic hydroxyl groups is 1. The molecule has 3 saturated carbocycles. The maximum atomic E-state index is 13.6. The van der Waals surface area contributed by atoms with Crippen molar-refractivity contribution in [3.63, 3.8) is 0 Å². The van der Waals surface area contributed by atoms with Gasteiger partial charge in [-0.25, -0.2) is 0 Å². The Morgan fingerprint density at radius 3 is 2.67 bits per heavy atom. The Labute approximate surface area is 201 Å². The highest BCUT2D eigenvalue weighted by Crippen LogP contribution is 2.69. The van der Waals surface area contributed by atoms with Crippen molar-refractivity contribution >= 4 is 29.3 Å². The lowest BCUT2D eigenvalue weighted by Crippen LogP contribution is -2.63. The number of carbonyl (C=O) groups excluding carboxylic acids is 3. The topological polar surface area (TPSA) is 89.9 Å². The third-order valence-electron chi connectivity index (χ3n) is 9.61. The van der Waals surface area contributed by atoms with Crippen molar-refractivity contribution in [2.45, 2.75) is 77.9 Å². The third-order valence-corrected chi connectivity index (χ3v) is 9.97. The van der Waals surface area contributed by atoms with Gasteiger partial charge in [0.15, 0.2) is 12.4 Å². The van der Waals surface area contributed by atoms with Gasteiger partial charge in [0.1, 0.15) is 5.60 Å². The first-order valence-corrected chi connectivity index (χ1v) is 13.6. The van der Waals surface area contributed by atoms with E-state index in [4.69, 9.17) is 9.47 Å². The molecule has 8 atom stereocenters. The minimum absolute atomic E-state index is 0.0750. The monoisotopic (exact) mass is 478 g/mol. The number of rotatable bonds is 6. The Kier molecular flexibility index (Phi) is 6.64. The molecule has 0 spiro atoms. The van der Waals surface area contributed by atoms with Crippen LogP contribution in [0.5, 0.6) is 0 Å². The molecule has 6 nitrogen and oxygen atoms in total. The van der Waals surface area contributed by atoms with Crippen molar-refractivity contribution in [1.29, 1.82) is 0 Å². The van der Waals surface area contributed by atoms with E-state index in [1.165, 1.54) is 24.3 Å². The summed E-state index contributed by atoms with van der Waals surface area (Å²) in [5, 5.41) is 11.7. The number of hydrogen-bond acceptors (Lipinski definition) is 7. The second-order valence-electron chi connectivity index (χ2n) is 11.2. The molecule has 0 radical (unpaired) electrons. The number of ketones is 2. The molecule has 1 N–H and O–H groups in total. The lowest BCUT2D eigenvalue weighted by Gasteiger charge is -2.62. The summed E-state index contributed by atoms with van der Waals surface area (Å²) >= 11 is 1.52. The summed E-state index contributed by atoms with van der Waals surface area (Å²) in [6.07, 6.45) is 7.35. The van der Waals surface area contributed by atoms with Crippen LogP contribution in [0.2, 0.25) is 0 Å². The van der Waals surface area contributed by atoms with E-state index >= 15 is 0 Å². The second-order valence-corrected chi connectivity index (χ2v) is 12.0. The van der Waals surface area contributed by atoms with Crippen molar-refractivity contribution in [3.05, 3.63) is 11.6 Å². The van der Waals surface area contributed by atoms with Crippen LogP contribution in [0.25, 0.3) is 0 Å². The van der Waals surface area contributed by atoms with Crippen LogP contribution in [0.3, 0.4) is 0 Å². The molecule has 0 amide bonds. The van der Waals surface area contributed by atoms with Gasteiger partial charge in [0.05, 0.1) is 12.0 Å². The van der Waals surface area contributed by atoms with Crippen LogP contribution in [0.15, 0.2) is 11.6 Å². The average molecular weight is 479 g/mol. The molecule has 0 heterocycles. The Morgan fingerprint density at radius 1 is 1.27 bits per heavy atom. The van der Waals surface area contributed by atoms with Crippen LogP contribution in [-0.2, 0) is 23.9 Å². The van der Waals surface area contributed by atoms with Crippen LogP contribution >= 0.6 is 11.8 Å². The molecule has 0 bridgehead atoms. The van der Waals surface area contributed by atoms with Gasteiger partial charge < -0.3 is 14.6 Å². The molecule has 33 heavy (non-hydrogen) atoms. The first-order valence-electron chi connectivity index (χ1n) is 12.2. The average Bonchev–Trinajstić information content (AvgIpc) is 3.04. The fraction of sp³-hybridized carbons (Fsp3) is 0.808. The normalized spacial score (nSPS) is 44.4. The number of aliphatic hydroxyl groups excluding tert-OH is 1. The van der Waals surface area contributed by atoms with Crippen molar-refractivity contribution in [3.8, 4) is 0 Å². The predicted molar refractivity (Wildman–Crippen MR) is 126 cm³/mol. The van der Waals surface area contributed by atoms with E-state index in [1.54, 1.807) is 0 Å². The summed E-state index contributed by atoms with van der Waals surface area (Å²) in [4.78, 5) is 37.2. The zero-order valence-corrected chi connectivity index (χ0v) is 21.3. The highest BCUT2D eigenvalue weighted by molar-refractivity contribution is 7.98. The molecular formula is C26H38O6S. The van der Waals surface area contributed by atoms with Gasteiger partial charge in [-0.15, -0.1) is 11.8 Å². The number of hydrogen-bond donors (Lipinski definition) is 1. The predicted octanol–water partition coefficient (Wildman–Crippen LogP) is 3.94. The lowest BCUT2D eigenvalue weighted by atomic mass is 9.44. The summed E-state index contributed by atoms with van der Waals surface area (Å²) in [5.41, 5.74) is -0.589. The Balaban J connectivity index is 1.72. The summed E-state index contributed by atoms with van der Waals surface area (Å²) in [6, 6.07) is 0. The van der Waals surface area contributed by atoms with Crippen LogP contribution < -0.4 is 0 Å². The zero-order valence-electron chi connectivity index (χ0n) is 20.5. The van der Waals surface area contributed by atoms with Gasteiger partial charge in [-0.3, -0.25) is 14.4 Å². The molecule has 7 heteroatoms. The number of thioether (sulfide) groups is 1. The van der Waals surface area contributed by atoms with Gasteiger partial charge in [-0.1, -0.05) is 26.3 Å². The van der Waals surface area contributed by atoms with Crippen molar-refractivity contribution in [1.82, 2.24) is 0 Å². The van der Waals surface area contributed by atoms with Crippen LogP contribution in [0.1, 0.15) is 66.2 Å². The molecule has 184 valence electrons. The number of Topliss-reactive ketones (excluding diaryl/α,β-unsaturated/α-hetero) is 1. The van der Waals surface area contributed by atoms with Crippen molar-refractivity contribution in [2.75, 3.05) is 18.8 Å². The molecule has 4 aliphatic rings. The molecule has 0 aromatic rings. The Bertz CT molecular complexity index is 869. The van der Waals surface area contributed by atoms with Gasteiger partial charge in [-0.05, 0) is 73.5 Å². The molecule has 0 saturated heterocycles. The number of ether oxygens (including phenoxy) is 2. The lowest BCUT2D eigenvalue weighted by molar-refractivity contribution is -0.194. The Hall–Kier alpha value is -1.18. The third kappa shape index (κ3) is 3.73. The maximum absolute atomic E-state index is 13.6. The summed E-state index contributed by atoms with van der Waals surface area (Å²) in [6.45, 7) is 7.57. The molecular weight excluding hydrogens is 440 g/mol. The molecule has 0 unspecified atom stereocenters.